The van der Waals surface area contributed by atoms with Gasteiger partial charge in [0.05, 0.1) is 6.26 Å². The highest BCUT2D eigenvalue weighted by Gasteiger charge is 2.25. The van der Waals surface area contributed by atoms with Crippen LogP contribution >= 0.6 is 0 Å². The van der Waals surface area contributed by atoms with E-state index in [1.54, 1.807) is 13.1 Å². The third kappa shape index (κ3) is 8.90. The van der Waals surface area contributed by atoms with Crippen LogP contribution in [0.1, 0.15) is 69.0 Å². The van der Waals surface area contributed by atoms with Crippen LogP contribution in [0.2, 0.25) is 0 Å². The van der Waals surface area contributed by atoms with Gasteiger partial charge in [-0.3, -0.25) is 9.79 Å². The number of guanidine groups is 1. The Labute approximate surface area is 184 Å². The van der Waals surface area contributed by atoms with Crippen LogP contribution in [-0.4, -0.2) is 55.8 Å². The average molecular weight is 436 g/mol. The second-order valence-corrected chi connectivity index (χ2v) is 8.88. The first-order chi connectivity index (χ1) is 14.7. The van der Waals surface area contributed by atoms with Crippen LogP contribution < -0.4 is 21.3 Å². The van der Waals surface area contributed by atoms with Gasteiger partial charge in [-0.2, -0.15) is 0 Å². The number of nitrogens with one attached hydrogen (secondary N) is 4. The van der Waals surface area contributed by atoms with Crippen molar-refractivity contribution < 1.29 is 18.7 Å². The third-order valence-corrected chi connectivity index (χ3v) is 5.01. The number of aliphatic imine (C=N–C) groups is 1. The van der Waals surface area contributed by atoms with Crippen molar-refractivity contribution in [3.8, 4) is 0 Å². The van der Waals surface area contributed by atoms with E-state index in [2.05, 4.69) is 26.3 Å². The second kappa shape index (κ2) is 11.6. The molecule has 9 heteroatoms. The topological polar surface area (TPSA) is 117 Å². The molecule has 0 bridgehead atoms. The number of rotatable bonds is 7. The Morgan fingerprint density at radius 2 is 1.71 bits per heavy atom. The van der Waals surface area contributed by atoms with Crippen LogP contribution in [0.5, 0.6) is 0 Å². The molecule has 0 radical (unpaired) electrons. The summed E-state index contributed by atoms with van der Waals surface area (Å²) in [5, 5.41) is 12.5. The fraction of sp³-hybridized carbons (Fsp3) is 0.682. The number of hydrogen-bond acceptors (Lipinski definition) is 5. The fourth-order valence-electron chi connectivity index (χ4n) is 3.43. The van der Waals surface area contributed by atoms with E-state index in [-0.39, 0.29) is 18.0 Å². The molecular weight excluding hydrogens is 398 g/mol. The standard InChI is InChI=1S/C22H37N5O4/c1-15-11-14-30-18(15)19(28)24-12-6-13-25-20(23-5)26-16-7-9-17(10-8-16)27-21(29)31-22(2,3)4/h11,14,16-17H,6-10,12-13H2,1-5H3,(H,24,28)(H,27,29)(H2,23,25,26). The van der Waals surface area contributed by atoms with Gasteiger partial charge >= 0.3 is 6.09 Å². The first kappa shape index (κ1) is 24.6. The van der Waals surface area contributed by atoms with Gasteiger partial charge in [0.15, 0.2) is 11.7 Å². The molecule has 0 saturated heterocycles. The van der Waals surface area contributed by atoms with Gasteiger partial charge in [0.1, 0.15) is 5.60 Å². The largest absolute Gasteiger partial charge is 0.459 e. The van der Waals surface area contributed by atoms with E-state index >= 15 is 0 Å². The van der Waals surface area contributed by atoms with Gasteiger partial charge in [-0.05, 0) is 65.9 Å². The molecule has 2 amide bonds. The van der Waals surface area contributed by atoms with Crippen LogP contribution in [0.4, 0.5) is 4.79 Å². The van der Waals surface area contributed by atoms with E-state index < -0.39 is 5.60 Å². The maximum atomic E-state index is 12.0. The highest BCUT2D eigenvalue weighted by molar-refractivity contribution is 5.92. The minimum absolute atomic E-state index is 0.143. The van der Waals surface area contributed by atoms with Crippen molar-refractivity contribution in [2.45, 2.75) is 77.5 Å². The quantitative estimate of drug-likeness (QED) is 0.297. The summed E-state index contributed by atoms with van der Waals surface area (Å²) in [5.74, 6) is 0.917. The molecule has 1 heterocycles. The van der Waals surface area contributed by atoms with E-state index in [1.165, 1.54) is 6.26 Å². The molecule has 174 valence electrons. The fourth-order valence-corrected chi connectivity index (χ4v) is 3.43. The Balaban J connectivity index is 1.60. The molecule has 1 aromatic heterocycles. The van der Waals surface area contributed by atoms with Crippen molar-refractivity contribution in [3.63, 3.8) is 0 Å². The summed E-state index contributed by atoms with van der Waals surface area (Å²) in [6, 6.07) is 2.22. The summed E-state index contributed by atoms with van der Waals surface area (Å²) < 4.78 is 10.5. The van der Waals surface area contributed by atoms with Gasteiger partial charge in [-0.25, -0.2) is 4.79 Å². The molecular formula is C22H37N5O4. The average Bonchev–Trinajstić information content (AvgIpc) is 3.12. The van der Waals surface area contributed by atoms with Crippen molar-refractivity contribution in [3.05, 3.63) is 23.7 Å². The SMILES string of the molecule is CN=C(NCCCNC(=O)c1occc1C)NC1CCC(NC(=O)OC(C)(C)C)CC1. The van der Waals surface area contributed by atoms with Crippen LogP contribution in [0.3, 0.4) is 0 Å². The number of furan rings is 1. The minimum Gasteiger partial charge on any atom is -0.459 e. The van der Waals surface area contributed by atoms with E-state index in [9.17, 15) is 9.59 Å². The Morgan fingerprint density at radius 3 is 2.26 bits per heavy atom. The predicted octanol–water partition coefficient (Wildman–Crippen LogP) is 2.71. The molecule has 1 aliphatic rings. The molecule has 4 N–H and O–H groups in total. The zero-order valence-electron chi connectivity index (χ0n) is 19.3. The summed E-state index contributed by atoms with van der Waals surface area (Å²) in [6.07, 6.45) is 5.61. The van der Waals surface area contributed by atoms with Crippen LogP contribution in [-0.2, 0) is 4.74 Å². The summed E-state index contributed by atoms with van der Waals surface area (Å²) >= 11 is 0. The number of hydrogen-bond donors (Lipinski definition) is 4. The second-order valence-electron chi connectivity index (χ2n) is 8.88. The maximum absolute atomic E-state index is 12.0. The molecule has 2 rings (SSSR count). The Bertz CT molecular complexity index is 745. The van der Waals surface area contributed by atoms with Crippen LogP contribution in [0.15, 0.2) is 21.7 Å². The minimum atomic E-state index is -0.485. The lowest BCUT2D eigenvalue weighted by Gasteiger charge is -2.31. The van der Waals surface area contributed by atoms with Gasteiger partial charge in [0.2, 0.25) is 0 Å². The Kier molecular flexibility index (Phi) is 9.21. The summed E-state index contributed by atoms with van der Waals surface area (Å²) in [6.45, 7) is 8.66. The normalized spacial score (nSPS) is 19.5. The number of carbonyl (C=O) groups is 2. The van der Waals surface area contributed by atoms with Gasteiger partial charge in [-0.15, -0.1) is 0 Å². The van der Waals surface area contributed by atoms with Gasteiger partial charge in [-0.1, -0.05) is 0 Å². The number of alkyl carbamates (subject to hydrolysis) is 1. The van der Waals surface area contributed by atoms with E-state index in [1.807, 2.05) is 27.7 Å². The molecule has 0 unspecified atom stereocenters. The predicted molar refractivity (Wildman–Crippen MR) is 120 cm³/mol. The monoisotopic (exact) mass is 435 g/mol. The number of nitrogens with zero attached hydrogens (tertiary/aromatic N) is 1. The highest BCUT2D eigenvalue weighted by Crippen LogP contribution is 2.19. The molecule has 1 aliphatic carbocycles. The summed E-state index contributed by atoms with van der Waals surface area (Å²) in [4.78, 5) is 28.2. The molecule has 1 fully saturated rings. The smallest absolute Gasteiger partial charge is 0.407 e. The molecule has 9 nitrogen and oxygen atoms in total. The number of amides is 2. The number of aryl methyl sites for hydroxylation is 1. The van der Waals surface area contributed by atoms with Crippen molar-refractivity contribution in [1.29, 1.82) is 0 Å². The zero-order chi connectivity index (χ0) is 22.9. The van der Waals surface area contributed by atoms with E-state index in [0.29, 0.717) is 24.9 Å². The molecule has 0 atom stereocenters. The van der Waals surface area contributed by atoms with Gasteiger partial charge in [0, 0.05) is 37.8 Å². The number of ether oxygens (including phenoxy) is 1. The molecule has 0 aromatic carbocycles. The van der Waals surface area contributed by atoms with Crippen LogP contribution in [0.25, 0.3) is 0 Å². The third-order valence-electron chi connectivity index (χ3n) is 5.01. The van der Waals surface area contributed by atoms with Crippen molar-refractivity contribution in [2.75, 3.05) is 20.1 Å². The molecule has 0 aliphatic heterocycles. The molecule has 1 aromatic rings. The zero-order valence-corrected chi connectivity index (χ0v) is 19.3. The summed E-state index contributed by atoms with van der Waals surface area (Å²) in [7, 11) is 1.74. The lowest BCUT2D eigenvalue weighted by Crippen LogP contribution is -2.48. The van der Waals surface area contributed by atoms with Crippen molar-refractivity contribution in [2.24, 2.45) is 4.99 Å². The number of carbonyl (C=O) groups excluding carboxylic acids is 2. The van der Waals surface area contributed by atoms with E-state index in [4.69, 9.17) is 9.15 Å². The Hall–Kier alpha value is -2.71. The molecule has 0 spiro atoms. The molecule has 31 heavy (non-hydrogen) atoms. The lowest BCUT2D eigenvalue weighted by atomic mass is 9.91. The maximum Gasteiger partial charge on any atom is 0.407 e. The first-order valence-electron chi connectivity index (χ1n) is 11.0. The van der Waals surface area contributed by atoms with Crippen molar-refractivity contribution in [1.82, 2.24) is 21.3 Å². The first-order valence-corrected chi connectivity index (χ1v) is 11.0. The van der Waals surface area contributed by atoms with Gasteiger partial charge in [0.25, 0.3) is 5.91 Å². The highest BCUT2D eigenvalue weighted by atomic mass is 16.6. The Morgan fingerprint density at radius 1 is 1.10 bits per heavy atom. The van der Waals surface area contributed by atoms with Gasteiger partial charge < -0.3 is 30.4 Å². The summed E-state index contributed by atoms with van der Waals surface area (Å²) in [5.41, 5.74) is 0.345. The van der Waals surface area contributed by atoms with E-state index in [0.717, 1.165) is 43.6 Å². The van der Waals surface area contributed by atoms with Crippen LogP contribution in [0, 0.1) is 6.92 Å². The lowest BCUT2D eigenvalue weighted by molar-refractivity contribution is 0.0490. The van der Waals surface area contributed by atoms with Crippen molar-refractivity contribution >= 4 is 18.0 Å². The molecule has 1 saturated carbocycles.